The first-order chi connectivity index (χ1) is 22.3. The van der Waals surface area contributed by atoms with Gasteiger partial charge < -0.3 is 0 Å². The Labute approximate surface area is 272 Å². The van der Waals surface area contributed by atoms with Gasteiger partial charge in [0.05, 0.1) is 10.9 Å². The monoisotopic (exact) mass is 658 g/mol. The van der Waals surface area contributed by atoms with Gasteiger partial charge in [0, 0.05) is 0 Å². The maximum atomic E-state index is 13.2. The van der Waals surface area contributed by atoms with Gasteiger partial charge in [-0.1, -0.05) is 36.4 Å². The van der Waals surface area contributed by atoms with Crippen LogP contribution in [0.25, 0.3) is 0 Å². The zero-order chi connectivity index (χ0) is 30.7. The van der Waals surface area contributed by atoms with E-state index in [1.165, 1.54) is 38.4 Å². The van der Waals surface area contributed by atoms with Gasteiger partial charge in [-0.3, -0.25) is 0 Å². The van der Waals surface area contributed by atoms with Crippen molar-refractivity contribution < 1.29 is 4.39 Å². The van der Waals surface area contributed by atoms with Gasteiger partial charge in [0.25, 0.3) is 0 Å². The summed E-state index contributed by atoms with van der Waals surface area (Å²) in [5.41, 5.74) is 0. The van der Waals surface area contributed by atoms with Crippen LogP contribution in [0.2, 0.25) is 0 Å². The number of benzene rings is 7. The molecule has 0 bridgehead atoms. The summed E-state index contributed by atoms with van der Waals surface area (Å²) < 4.78 is 19.1. The molecule has 0 fully saturated rings. The molecule has 0 aliphatic rings. The summed E-state index contributed by atoms with van der Waals surface area (Å²) in [6.45, 7) is 0. The van der Waals surface area contributed by atoms with Crippen molar-refractivity contribution in [1.82, 2.24) is 0 Å². The fourth-order valence-corrected chi connectivity index (χ4v) is 19.9. The maximum absolute atomic E-state index is 13.2. The van der Waals surface area contributed by atoms with E-state index in [1.54, 1.807) is 0 Å². The molecule has 0 aromatic heterocycles. The van der Waals surface area contributed by atoms with E-state index in [0.29, 0.717) is 0 Å². The normalized spacial score (nSPS) is 11.0. The molecule has 7 rings (SSSR count). The fraction of sp³-hybridized carbons (Fsp3) is 0. The summed E-state index contributed by atoms with van der Waals surface area (Å²) in [6, 6.07) is 71.9. The third-order valence-corrected chi connectivity index (χ3v) is 22.1. The molecule has 7 aromatic rings. The van der Waals surface area contributed by atoms with Crippen LogP contribution in [0, 0.1) is 5.82 Å². The molecule has 45 heavy (non-hydrogen) atoms. The molecule has 0 aliphatic carbocycles. The molecule has 0 saturated carbocycles. The van der Waals surface area contributed by atoms with Crippen molar-refractivity contribution in [3.8, 4) is 0 Å². The molecule has 0 unspecified atom stereocenters. The molecule has 3 heteroatoms. The fourth-order valence-electron chi connectivity index (χ4n) is 6.21. The van der Waals surface area contributed by atoms with Gasteiger partial charge in [-0.25, -0.2) is 4.39 Å². The molecular weight excluding hydrogens is 625 g/mol. The third-order valence-electron chi connectivity index (χ3n) is 8.21. The molecule has 0 spiro atoms. The molecule has 0 saturated heterocycles. The zero-order valence-electron chi connectivity index (χ0n) is 25.0. The number of rotatable bonds is 7. The average Bonchev–Trinajstić information content (AvgIpc) is 3.13. The second kappa shape index (κ2) is 15.0. The van der Waals surface area contributed by atoms with Crippen molar-refractivity contribution >= 4 is 42.4 Å². The second-order valence-electron chi connectivity index (χ2n) is 10.9. The molecule has 7 aromatic carbocycles. The molecule has 0 amide bonds. The predicted octanol–water partition coefficient (Wildman–Crippen LogP) is 7.99. The summed E-state index contributed by atoms with van der Waals surface area (Å²) in [5, 5.41) is 0. The van der Waals surface area contributed by atoms with Crippen LogP contribution in [0.4, 0.5) is 4.39 Å². The van der Waals surface area contributed by atoms with Crippen molar-refractivity contribution in [2.75, 3.05) is 0 Å². The van der Waals surface area contributed by atoms with Gasteiger partial charge in [0.2, 0.25) is 0 Å². The zero-order valence-corrected chi connectivity index (χ0v) is 28.2. The minimum absolute atomic E-state index is 0.190. The van der Waals surface area contributed by atoms with Gasteiger partial charge >= 0.3 is 153 Å². The Morgan fingerprint density at radius 2 is 0.533 bits per heavy atom. The minimum atomic E-state index is -3.21. The van der Waals surface area contributed by atoms with Crippen molar-refractivity contribution in [1.29, 1.82) is 0 Å². The van der Waals surface area contributed by atoms with Crippen LogP contribution in [-0.4, -0.2) is 15.0 Å². The van der Waals surface area contributed by atoms with Gasteiger partial charge in [0.15, 0.2) is 14.7 Å². The van der Waals surface area contributed by atoms with E-state index in [0.717, 1.165) is 4.90 Å². The van der Waals surface area contributed by atoms with Crippen molar-refractivity contribution in [3.05, 3.63) is 212 Å². The quantitative estimate of drug-likeness (QED) is 0.120. The molecule has 0 nitrogen and oxygen atoms in total. The van der Waals surface area contributed by atoms with E-state index >= 15 is 0 Å². The first-order valence-corrected chi connectivity index (χ1v) is 21.3. The van der Waals surface area contributed by atoms with Crippen molar-refractivity contribution in [2.45, 2.75) is 14.7 Å². The summed E-state index contributed by atoms with van der Waals surface area (Å²) in [4.78, 5) is 3.61. The van der Waals surface area contributed by atoms with Crippen LogP contribution in [0.15, 0.2) is 221 Å². The van der Waals surface area contributed by atoms with Gasteiger partial charge in [-0.05, 0) is 48.5 Å². The summed E-state index contributed by atoms with van der Waals surface area (Å²) in [5.74, 6) is -0.196. The first-order valence-electron chi connectivity index (χ1n) is 15.2. The Morgan fingerprint density at radius 3 is 0.822 bits per heavy atom. The SMILES string of the molecule is Fc1ccc([S+](c2ccccc2)c2ccccc2)cc1.c1cc[c]([Ga-]([c]2ccccc2)([c]2ccccc2)[c]2ccccc2)cc1. The summed E-state index contributed by atoms with van der Waals surface area (Å²) in [6.07, 6.45) is 0. The van der Waals surface area contributed by atoms with E-state index < -0.39 is 15.0 Å². The Balaban J connectivity index is 0.000000163. The van der Waals surface area contributed by atoms with Crippen LogP contribution < -0.4 is 16.5 Å². The number of hydrogen-bond acceptors (Lipinski definition) is 0. The van der Waals surface area contributed by atoms with Crippen LogP contribution >= 0.6 is 0 Å². The van der Waals surface area contributed by atoms with Gasteiger partial charge in [-0.2, -0.15) is 0 Å². The number of hydrogen-bond donors (Lipinski definition) is 0. The molecule has 0 radical (unpaired) electrons. The second-order valence-corrected chi connectivity index (χ2v) is 22.2. The van der Waals surface area contributed by atoms with E-state index in [-0.39, 0.29) is 16.7 Å². The predicted molar refractivity (Wildman–Crippen MR) is 192 cm³/mol. The van der Waals surface area contributed by atoms with Crippen molar-refractivity contribution in [3.63, 3.8) is 0 Å². The van der Waals surface area contributed by atoms with Gasteiger partial charge in [0.1, 0.15) is 5.82 Å². The van der Waals surface area contributed by atoms with Crippen molar-refractivity contribution in [2.24, 2.45) is 0 Å². The molecule has 0 N–H and O–H groups in total. The molecule has 0 heterocycles. The Bertz CT molecular complexity index is 1660. The Kier molecular flexibility index (Phi) is 10.1. The topological polar surface area (TPSA) is 0 Å². The summed E-state index contributed by atoms with van der Waals surface area (Å²) in [7, 11) is -0.190. The van der Waals surface area contributed by atoms with Crippen LogP contribution in [0.1, 0.15) is 0 Å². The molecule has 0 atom stereocenters. The third kappa shape index (κ3) is 6.92. The first kappa shape index (κ1) is 30.5. The van der Waals surface area contributed by atoms with E-state index in [2.05, 4.69) is 146 Å². The van der Waals surface area contributed by atoms with Crippen LogP contribution in [-0.2, 0) is 10.9 Å². The van der Waals surface area contributed by atoms with Gasteiger partial charge in [-0.15, -0.1) is 0 Å². The molecular formula is C42H34FGaS. The molecule has 218 valence electrons. The standard InChI is InChI=1S/C18H14FS.4C6H5.Ga/c19-15-11-13-18(14-12-15)20(16-7-3-1-4-8-16)17-9-5-2-6-10-17;4*1-2-4-6-5-3-1;/h1-14H;4*1-5H;/q+1;;;;;-1. The Hall–Kier alpha value is -4.54. The van der Waals surface area contributed by atoms with E-state index in [1.807, 2.05) is 48.5 Å². The van der Waals surface area contributed by atoms with E-state index in [4.69, 9.17) is 0 Å². The Morgan fingerprint density at radius 1 is 0.289 bits per heavy atom. The van der Waals surface area contributed by atoms with E-state index in [9.17, 15) is 4.39 Å². The number of halogens is 1. The molecule has 0 aliphatic heterocycles. The summed E-state index contributed by atoms with van der Waals surface area (Å²) >= 11 is -3.21. The average molecular weight is 660 g/mol. The van der Waals surface area contributed by atoms with Crippen LogP contribution in [0.3, 0.4) is 0 Å². The van der Waals surface area contributed by atoms with Crippen LogP contribution in [0.5, 0.6) is 0 Å².